The molecular formula is C16H32N2. The summed E-state index contributed by atoms with van der Waals surface area (Å²) in [6, 6.07) is 0. The van der Waals surface area contributed by atoms with Gasteiger partial charge in [0.15, 0.2) is 0 Å². The molecule has 2 heteroatoms. The molecule has 2 nitrogen and oxygen atoms in total. The summed E-state index contributed by atoms with van der Waals surface area (Å²) in [4.78, 5) is 0. The highest BCUT2D eigenvalue weighted by molar-refractivity contribution is 4.92. The molecule has 106 valence electrons. The maximum atomic E-state index is 3.95. The third-order valence-corrected chi connectivity index (χ3v) is 5.19. The van der Waals surface area contributed by atoms with Crippen LogP contribution in [0.3, 0.4) is 0 Å². The van der Waals surface area contributed by atoms with E-state index in [2.05, 4.69) is 24.5 Å². The summed E-state index contributed by atoms with van der Waals surface area (Å²) in [6.07, 6.45) is 12.5. The first-order valence-corrected chi connectivity index (χ1v) is 8.14. The molecule has 0 spiro atoms. The highest BCUT2D eigenvalue weighted by atomic mass is 15.0. The van der Waals surface area contributed by atoms with Crippen LogP contribution in [-0.4, -0.2) is 25.2 Å². The highest BCUT2D eigenvalue weighted by Crippen LogP contribution is 2.33. The molecular weight excluding hydrogens is 220 g/mol. The average molecular weight is 252 g/mol. The SMILES string of the molecule is CCCC1(CNC2(C)CCCCC2)CCCNC1. The van der Waals surface area contributed by atoms with E-state index < -0.39 is 0 Å². The van der Waals surface area contributed by atoms with Crippen LogP contribution in [0.1, 0.15) is 71.6 Å². The third-order valence-electron chi connectivity index (χ3n) is 5.19. The fraction of sp³-hybridized carbons (Fsp3) is 1.00. The van der Waals surface area contributed by atoms with Gasteiger partial charge < -0.3 is 10.6 Å². The monoisotopic (exact) mass is 252 g/mol. The third kappa shape index (κ3) is 3.71. The van der Waals surface area contributed by atoms with Crippen molar-refractivity contribution in [1.29, 1.82) is 0 Å². The predicted molar refractivity (Wildman–Crippen MR) is 78.9 cm³/mol. The Balaban J connectivity index is 1.88. The highest BCUT2D eigenvalue weighted by Gasteiger charge is 2.34. The van der Waals surface area contributed by atoms with Gasteiger partial charge in [0.2, 0.25) is 0 Å². The lowest BCUT2D eigenvalue weighted by atomic mass is 9.75. The molecule has 1 unspecified atom stereocenters. The maximum Gasteiger partial charge on any atom is 0.0153 e. The minimum atomic E-state index is 0.427. The number of hydrogen-bond donors (Lipinski definition) is 2. The van der Waals surface area contributed by atoms with Crippen LogP contribution >= 0.6 is 0 Å². The van der Waals surface area contributed by atoms with Crippen molar-refractivity contribution in [3.05, 3.63) is 0 Å². The first-order chi connectivity index (χ1) is 8.68. The van der Waals surface area contributed by atoms with Crippen molar-refractivity contribution >= 4 is 0 Å². The molecule has 0 aromatic heterocycles. The molecule has 2 N–H and O–H groups in total. The van der Waals surface area contributed by atoms with E-state index in [4.69, 9.17) is 0 Å². The van der Waals surface area contributed by atoms with Crippen LogP contribution < -0.4 is 10.6 Å². The summed E-state index contributed by atoms with van der Waals surface area (Å²) in [6.45, 7) is 8.46. The van der Waals surface area contributed by atoms with Gasteiger partial charge in [-0.15, -0.1) is 0 Å². The van der Waals surface area contributed by atoms with E-state index in [1.807, 2.05) is 0 Å². The molecule has 0 aromatic rings. The van der Waals surface area contributed by atoms with Crippen molar-refractivity contribution in [3.8, 4) is 0 Å². The molecule has 0 radical (unpaired) electrons. The van der Waals surface area contributed by atoms with Gasteiger partial charge in [-0.1, -0.05) is 32.6 Å². The van der Waals surface area contributed by atoms with Crippen molar-refractivity contribution in [2.45, 2.75) is 77.2 Å². The summed E-state index contributed by atoms with van der Waals surface area (Å²) in [5, 5.41) is 7.57. The molecule has 0 bridgehead atoms. The van der Waals surface area contributed by atoms with Crippen LogP contribution in [0.2, 0.25) is 0 Å². The molecule has 1 aliphatic heterocycles. The van der Waals surface area contributed by atoms with E-state index in [1.165, 1.54) is 77.4 Å². The molecule has 1 saturated carbocycles. The fourth-order valence-corrected chi connectivity index (χ4v) is 3.92. The van der Waals surface area contributed by atoms with Gasteiger partial charge in [-0.05, 0) is 51.0 Å². The normalized spacial score (nSPS) is 32.3. The standard InChI is InChI=1S/C16H32N2/c1-3-8-16(11-7-12-17-13-16)14-18-15(2)9-5-4-6-10-15/h17-18H,3-14H2,1-2H3. The van der Waals surface area contributed by atoms with Crippen LogP contribution in [-0.2, 0) is 0 Å². The largest absolute Gasteiger partial charge is 0.316 e. The van der Waals surface area contributed by atoms with Crippen molar-refractivity contribution < 1.29 is 0 Å². The Bertz CT molecular complexity index is 232. The minimum absolute atomic E-state index is 0.427. The van der Waals surface area contributed by atoms with Gasteiger partial charge in [-0.25, -0.2) is 0 Å². The minimum Gasteiger partial charge on any atom is -0.316 e. The van der Waals surface area contributed by atoms with Crippen molar-refractivity contribution in [1.82, 2.24) is 10.6 Å². The van der Waals surface area contributed by atoms with E-state index in [0.717, 1.165) is 0 Å². The predicted octanol–water partition coefficient (Wildman–Crippen LogP) is 3.47. The Kier molecular flexibility index (Phi) is 5.08. The zero-order chi connectivity index (χ0) is 12.9. The van der Waals surface area contributed by atoms with Gasteiger partial charge in [-0.2, -0.15) is 0 Å². The number of hydrogen-bond acceptors (Lipinski definition) is 2. The van der Waals surface area contributed by atoms with E-state index in [1.54, 1.807) is 0 Å². The summed E-state index contributed by atoms with van der Waals surface area (Å²) in [5.41, 5.74) is 0.962. The Morgan fingerprint density at radius 2 is 1.83 bits per heavy atom. The van der Waals surface area contributed by atoms with E-state index in [0.29, 0.717) is 11.0 Å². The molecule has 2 fully saturated rings. The van der Waals surface area contributed by atoms with Crippen LogP contribution in [0.25, 0.3) is 0 Å². The summed E-state index contributed by atoms with van der Waals surface area (Å²) >= 11 is 0. The zero-order valence-electron chi connectivity index (χ0n) is 12.5. The summed E-state index contributed by atoms with van der Waals surface area (Å²) in [5.74, 6) is 0. The van der Waals surface area contributed by atoms with Crippen LogP contribution in [0.4, 0.5) is 0 Å². The average Bonchev–Trinajstić information content (AvgIpc) is 2.39. The topological polar surface area (TPSA) is 24.1 Å². The van der Waals surface area contributed by atoms with Gasteiger partial charge in [0, 0.05) is 18.6 Å². The molecule has 0 aromatic carbocycles. The van der Waals surface area contributed by atoms with Gasteiger partial charge in [0.1, 0.15) is 0 Å². The second-order valence-corrected chi connectivity index (χ2v) is 7.01. The lowest BCUT2D eigenvalue weighted by molar-refractivity contribution is 0.146. The molecule has 18 heavy (non-hydrogen) atoms. The zero-order valence-corrected chi connectivity index (χ0v) is 12.5. The number of piperidine rings is 1. The number of rotatable bonds is 5. The van der Waals surface area contributed by atoms with E-state index >= 15 is 0 Å². The molecule has 2 aliphatic rings. The van der Waals surface area contributed by atoms with E-state index in [-0.39, 0.29) is 0 Å². The Labute approximate surface area is 113 Å². The second kappa shape index (κ2) is 6.38. The second-order valence-electron chi connectivity index (χ2n) is 7.01. The smallest absolute Gasteiger partial charge is 0.0153 e. The van der Waals surface area contributed by atoms with Crippen LogP contribution in [0.15, 0.2) is 0 Å². The Hall–Kier alpha value is -0.0800. The van der Waals surface area contributed by atoms with Gasteiger partial charge in [0.25, 0.3) is 0 Å². The molecule has 1 saturated heterocycles. The van der Waals surface area contributed by atoms with Crippen molar-refractivity contribution in [2.75, 3.05) is 19.6 Å². The molecule has 1 aliphatic carbocycles. The summed E-state index contributed by atoms with van der Waals surface area (Å²) in [7, 11) is 0. The quantitative estimate of drug-likeness (QED) is 0.783. The van der Waals surface area contributed by atoms with Crippen molar-refractivity contribution in [3.63, 3.8) is 0 Å². The molecule has 1 atom stereocenters. The first kappa shape index (κ1) is 14.3. The van der Waals surface area contributed by atoms with Gasteiger partial charge in [0.05, 0.1) is 0 Å². The van der Waals surface area contributed by atoms with E-state index in [9.17, 15) is 0 Å². The molecule has 2 rings (SSSR count). The number of nitrogens with one attached hydrogen (secondary N) is 2. The fourth-order valence-electron chi connectivity index (χ4n) is 3.92. The van der Waals surface area contributed by atoms with Gasteiger partial charge in [-0.3, -0.25) is 0 Å². The van der Waals surface area contributed by atoms with Crippen LogP contribution in [0, 0.1) is 5.41 Å². The lowest BCUT2D eigenvalue weighted by Gasteiger charge is -2.43. The van der Waals surface area contributed by atoms with Crippen LogP contribution in [0.5, 0.6) is 0 Å². The Morgan fingerprint density at radius 1 is 1.06 bits per heavy atom. The summed E-state index contributed by atoms with van der Waals surface area (Å²) < 4.78 is 0. The first-order valence-electron chi connectivity index (χ1n) is 8.14. The Morgan fingerprint density at radius 3 is 2.44 bits per heavy atom. The molecule has 0 amide bonds. The van der Waals surface area contributed by atoms with Crippen molar-refractivity contribution in [2.24, 2.45) is 5.41 Å². The molecule has 1 heterocycles. The maximum absolute atomic E-state index is 3.95. The van der Waals surface area contributed by atoms with Gasteiger partial charge >= 0.3 is 0 Å². The lowest BCUT2D eigenvalue weighted by Crippen LogP contribution is -2.53.